The number of nitrogens with one attached hydrogen (secondary N) is 1. The molecule has 0 unspecified atom stereocenters. The number of nitrogen functional groups attached to an aromatic ring is 1. The molecule has 2 aromatic rings. The van der Waals surface area contributed by atoms with E-state index in [2.05, 4.69) is 0 Å². The molecule has 0 aromatic heterocycles. The maximum Gasteiger partial charge on any atom is 0.146 e. The third-order valence-corrected chi connectivity index (χ3v) is 2.83. The molecule has 0 heterocycles. The van der Waals surface area contributed by atoms with Crippen molar-refractivity contribution in [3.8, 4) is 11.5 Å². The molecule has 2 rings (SSSR count). The molecule has 2 aromatic carbocycles. The van der Waals surface area contributed by atoms with Gasteiger partial charge in [-0.3, -0.25) is 5.41 Å². The summed E-state index contributed by atoms with van der Waals surface area (Å²) >= 11 is 5.89. The van der Waals surface area contributed by atoms with Gasteiger partial charge >= 0.3 is 0 Å². The molecule has 0 spiro atoms. The molecule has 0 atom stereocenters. The van der Waals surface area contributed by atoms with Crippen molar-refractivity contribution in [2.24, 2.45) is 5.73 Å². The van der Waals surface area contributed by atoms with Crippen molar-refractivity contribution in [1.82, 2.24) is 0 Å². The molecule has 3 nitrogen and oxygen atoms in total. The minimum absolute atomic E-state index is 0.100. The van der Waals surface area contributed by atoms with E-state index in [1.165, 1.54) is 18.2 Å². The molecular weight excluding hydrogens is 267 g/mol. The molecule has 0 bridgehead atoms. The first kappa shape index (κ1) is 13.4. The van der Waals surface area contributed by atoms with Crippen LogP contribution in [-0.4, -0.2) is 5.84 Å². The Kier molecular flexibility index (Phi) is 3.71. The lowest BCUT2D eigenvalue weighted by molar-refractivity contribution is 0.479. The molecule has 19 heavy (non-hydrogen) atoms. The summed E-state index contributed by atoms with van der Waals surface area (Å²) in [5.74, 6) is 0.186. The van der Waals surface area contributed by atoms with Gasteiger partial charge in [0.2, 0.25) is 0 Å². The first-order valence-corrected chi connectivity index (χ1v) is 5.93. The fraction of sp³-hybridized carbons (Fsp3) is 0.0714. The lowest BCUT2D eigenvalue weighted by atomic mass is 10.1. The van der Waals surface area contributed by atoms with E-state index in [9.17, 15) is 4.39 Å². The van der Waals surface area contributed by atoms with Crippen molar-refractivity contribution in [2.75, 3.05) is 0 Å². The smallest absolute Gasteiger partial charge is 0.146 e. The highest BCUT2D eigenvalue weighted by molar-refractivity contribution is 6.32. The fourth-order valence-electron chi connectivity index (χ4n) is 1.62. The summed E-state index contributed by atoms with van der Waals surface area (Å²) in [6.07, 6.45) is 0. The molecule has 3 N–H and O–H groups in total. The van der Waals surface area contributed by atoms with Gasteiger partial charge in [0.15, 0.2) is 0 Å². The van der Waals surface area contributed by atoms with Gasteiger partial charge in [-0.25, -0.2) is 4.39 Å². The predicted octanol–water partition coefficient (Wildman–Crippen LogP) is 3.86. The second-order valence-corrected chi connectivity index (χ2v) is 4.50. The predicted molar refractivity (Wildman–Crippen MR) is 73.7 cm³/mol. The summed E-state index contributed by atoms with van der Waals surface area (Å²) in [6.45, 7) is 1.89. The van der Waals surface area contributed by atoms with Gasteiger partial charge in [0.05, 0.1) is 10.6 Å². The third kappa shape index (κ3) is 3.03. The van der Waals surface area contributed by atoms with Crippen molar-refractivity contribution in [3.63, 3.8) is 0 Å². The summed E-state index contributed by atoms with van der Waals surface area (Å²) in [5, 5.41) is 7.69. The number of amidine groups is 1. The second kappa shape index (κ2) is 5.28. The van der Waals surface area contributed by atoms with E-state index in [0.717, 1.165) is 5.56 Å². The van der Waals surface area contributed by atoms with E-state index in [-0.39, 0.29) is 10.9 Å². The normalized spacial score (nSPS) is 10.3. The van der Waals surface area contributed by atoms with Gasteiger partial charge in [-0.1, -0.05) is 23.2 Å². The highest BCUT2D eigenvalue weighted by atomic mass is 35.5. The number of hydrogen-bond donors (Lipinski definition) is 2. The largest absolute Gasteiger partial charge is 0.455 e. The third-order valence-electron chi connectivity index (χ3n) is 2.54. The topological polar surface area (TPSA) is 59.1 Å². The monoisotopic (exact) mass is 278 g/mol. The quantitative estimate of drug-likeness (QED) is 0.661. The zero-order valence-electron chi connectivity index (χ0n) is 10.2. The lowest BCUT2D eigenvalue weighted by Crippen LogP contribution is -2.12. The summed E-state index contributed by atoms with van der Waals surface area (Å²) in [5.41, 5.74) is 6.94. The highest BCUT2D eigenvalue weighted by Crippen LogP contribution is 2.31. The van der Waals surface area contributed by atoms with Gasteiger partial charge < -0.3 is 10.5 Å². The van der Waals surface area contributed by atoms with Crippen molar-refractivity contribution in [2.45, 2.75) is 6.92 Å². The van der Waals surface area contributed by atoms with Gasteiger partial charge in [-0.15, -0.1) is 0 Å². The number of rotatable bonds is 3. The first-order chi connectivity index (χ1) is 8.97. The molecule has 0 saturated heterocycles. The van der Waals surface area contributed by atoms with Gasteiger partial charge in [0, 0.05) is 0 Å². The Hall–Kier alpha value is -2.07. The summed E-state index contributed by atoms with van der Waals surface area (Å²) in [6, 6.07) is 9.13. The average molecular weight is 279 g/mol. The van der Waals surface area contributed by atoms with Crippen LogP contribution in [0.1, 0.15) is 11.1 Å². The van der Waals surface area contributed by atoms with E-state index in [4.69, 9.17) is 27.5 Å². The molecule has 0 amide bonds. The van der Waals surface area contributed by atoms with Crippen LogP contribution in [0, 0.1) is 18.2 Å². The Morgan fingerprint density at radius 2 is 1.89 bits per heavy atom. The maximum absolute atomic E-state index is 13.0. The number of nitrogens with two attached hydrogens (primary N) is 1. The van der Waals surface area contributed by atoms with Crippen LogP contribution < -0.4 is 10.5 Å². The van der Waals surface area contributed by atoms with Gasteiger partial charge in [-0.05, 0) is 37.3 Å². The Balaban J connectivity index is 2.40. The van der Waals surface area contributed by atoms with Crippen molar-refractivity contribution < 1.29 is 9.13 Å². The van der Waals surface area contributed by atoms with Crippen molar-refractivity contribution >= 4 is 17.4 Å². The number of aryl methyl sites for hydroxylation is 1. The van der Waals surface area contributed by atoms with E-state index in [1.54, 1.807) is 12.1 Å². The van der Waals surface area contributed by atoms with E-state index < -0.39 is 5.82 Å². The lowest BCUT2D eigenvalue weighted by Gasteiger charge is -2.12. The average Bonchev–Trinajstić information content (AvgIpc) is 2.34. The number of hydrogen-bond acceptors (Lipinski definition) is 2. The molecule has 0 aliphatic rings. The van der Waals surface area contributed by atoms with Crippen LogP contribution in [0.3, 0.4) is 0 Å². The van der Waals surface area contributed by atoms with Crippen molar-refractivity contribution in [3.05, 3.63) is 58.4 Å². The summed E-state index contributed by atoms with van der Waals surface area (Å²) in [7, 11) is 0. The van der Waals surface area contributed by atoms with E-state index in [1.807, 2.05) is 13.0 Å². The van der Waals surface area contributed by atoms with Gasteiger partial charge in [-0.2, -0.15) is 0 Å². The number of ether oxygens (including phenoxy) is 1. The Morgan fingerprint density at radius 3 is 2.53 bits per heavy atom. The molecule has 5 heteroatoms. The van der Waals surface area contributed by atoms with E-state index >= 15 is 0 Å². The van der Waals surface area contributed by atoms with Crippen LogP contribution >= 0.6 is 11.6 Å². The molecule has 0 aliphatic heterocycles. The number of benzene rings is 2. The Labute approximate surface area is 115 Å². The van der Waals surface area contributed by atoms with Crippen molar-refractivity contribution in [1.29, 1.82) is 5.41 Å². The first-order valence-electron chi connectivity index (χ1n) is 5.55. The van der Waals surface area contributed by atoms with Crippen LogP contribution in [0.4, 0.5) is 4.39 Å². The SMILES string of the molecule is Cc1ccc(Oc2ccc(F)cc2Cl)c(C(=N)N)c1. The van der Waals surface area contributed by atoms with Crippen LogP contribution in [0.15, 0.2) is 36.4 Å². The molecule has 0 saturated carbocycles. The molecular formula is C14H12ClFN2O. The fourth-order valence-corrected chi connectivity index (χ4v) is 1.83. The van der Waals surface area contributed by atoms with Crippen LogP contribution in [-0.2, 0) is 0 Å². The summed E-state index contributed by atoms with van der Waals surface area (Å²) in [4.78, 5) is 0. The second-order valence-electron chi connectivity index (χ2n) is 4.09. The Bertz CT molecular complexity index is 643. The van der Waals surface area contributed by atoms with E-state index in [0.29, 0.717) is 17.1 Å². The minimum atomic E-state index is -0.437. The number of halogens is 2. The van der Waals surface area contributed by atoms with Crippen LogP contribution in [0.2, 0.25) is 5.02 Å². The molecule has 0 radical (unpaired) electrons. The minimum Gasteiger partial charge on any atom is -0.455 e. The standard InChI is InChI=1S/C14H12ClFN2O/c1-8-2-4-12(10(6-8)14(17)18)19-13-5-3-9(16)7-11(13)15/h2-7H,1H3,(H3,17,18). The highest BCUT2D eigenvalue weighted by Gasteiger charge is 2.10. The summed E-state index contributed by atoms with van der Waals surface area (Å²) < 4.78 is 18.5. The zero-order chi connectivity index (χ0) is 14.0. The van der Waals surface area contributed by atoms with Gasteiger partial charge in [0.25, 0.3) is 0 Å². The van der Waals surface area contributed by atoms with Crippen LogP contribution in [0.25, 0.3) is 0 Å². The maximum atomic E-state index is 13.0. The zero-order valence-corrected chi connectivity index (χ0v) is 11.0. The molecule has 0 aliphatic carbocycles. The van der Waals surface area contributed by atoms with Gasteiger partial charge in [0.1, 0.15) is 23.2 Å². The molecule has 98 valence electrons. The Morgan fingerprint density at radius 1 is 1.21 bits per heavy atom. The van der Waals surface area contributed by atoms with Crippen LogP contribution in [0.5, 0.6) is 11.5 Å². The molecule has 0 fully saturated rings.